The highest BCUT2D eigenvalue weighted by atomic mass is 16.6. The topological polar surface area (TPSA) is 80.6 Å². The molecule has 2 N–H and O–H groups in total. The largest absolute Gasteiger partial charge is 0.346 e. The summed E-state index contributed by atoms with van der Waals surface area (Å²) >= 11 is 0. The molecule has 0 bridgehead atoms. The van der Waals surface area contributed by atoms with Crippen molar-refractivity contribution in [2.75, 3.05) is 7.11 Å². The van der Waals surface area contributed by atoms with Crippen LogP contribution in [0.1, 0.15) is 19.4 Å². The molecule has 22 heavy (non-hydrogen) atoms. The van der Waals surface area contributed by atoms with E-state index in [0.717, 1.165) is 28.7 Å². The van der Waals surface area contributed by atoms with E-state index >= 15 is 0 Å². The van der Waals surface area contributed by atoms with Crippen LogP contribution in [0.15, 0.2) is 43.3 Å². The van der Waals surface area contributed by atoms with E-state index in [-0.39, 0.29) is 6.04 Å². The van der Waals surface area contributed by atoms with Gasteiger partial charge in [0.25, 0.3) is 0 Å². The van der Waals surface area contributed by atoms with Crippen LogP contribution in [0.2, 0.25) is 0 Å². The summed E-state index contributed by atoms with van der Waals surface area (Å²) in [6.45, 7) is 2.11. The lowest BCUT2D eigenvalue weighted by molar-refractivity contribution is 0.128. The summed E-state index contributed by atoms with van der Waals surface area (Å²) in [6, 6.07) is 2.13. The number of aromatic amines is 1. The first-order valence-corrected chi connectivity index (χ1v) is 7.11. The number of nitrogens with one attached hydrogen (secondary N) is 2. The zero-order chi connectivity index (χ0) is 15.4. The summed E-state index contributed by atoms with van der Waals surface area (Å²) in [4.78, 5) is 16.5. The molecule has 3 heterocycles. The van der Waals surface area contributed by atoms with Gasteiger partial charge < -0.3 is 4.98 Å². The van der Waals surface area contributed by atoms with Gasteiger partial charge >= 0.3 is 0 Å². The lowest BCUT2D eigenvalue weighted by Crippen LogP contribution is -2.08. The molecule has 0 amide bonds. The summed E-state index contributed by atoms with van der Waals surface area (Å²) < 4.78 is 1.92. The molecule has 1 unspecified atom stereocenters. The van der Waals surface area contributed by atoms with Crippen LogP contribution < -0.4 is 5.48 Å². The molecule has 3 rings (SSSR count). The van der Waals surface area contributed by atoms with Crippen molar-refractivity contribution < 1.29 is 4.84 Å². The summed E-state index contributed by atoms with van der Waals surface area (Å²) in [7, 11) is 1.58. The molecule has 0 aliphatic rings. The highest BCUT2D eigenvalue weighted by molar-refractivity contribution is 5.89. The number of allylic oxidation sites excluding steroid dienone is 1. The number of rotatable bonds is 6. The van der Waals surface area contributed by atoms with Crippen molar-refractivity contribution >= 4 is 11.0 Å². The fourth-order valence-corrected chi connectivity index (χ4v) is 2.37. The molecule has 7 heteroatoms. The van der Waals surface area contributed by atoms with Crippen LogP contribution in [0.3, 0.4) is 0 Å². The molecule has 0 aromatic carbocycles. The Labute approximate surface area is 128 Å². The zero-order valence-corrected chi connectivity index (χ0v) is 12.5. The van der Waals surface area contributed by atoms with E-state index < -0.39 is 0 Å². The molecule has 3 aromatic heterocycles. The standard InChI is InChI=1S/C15H18N6O/c1-3-12(4-7-20-22-2)21-9-11(8-19-21)14-13-5-6-16-15(13)18-10-17-14/h4-10,12,20H,3H2,1-2H3,(H,16,17,18). The number of fused-ring (bicyclic) bond motifs is 1. The van der Waals surface area contributed by atoms with Crippen molar-refractivity contribution in [3.63, 3.8) is 0 Å². The van der Waals surface area contributed by atoms with Gasteiger partial charge in [-0.15, -0.1) is 0 Å². The minimum atomic E-state index is 0.153. The Morgan fingerprint density at radius 3 is 3.18 bits per heavy atom. The Kier molecular flexibility index (Phi) is 4.15. The number of aromatic nitrogens is 5. The Balaban J connectivity index is 1.91. The number of hydrogen-bond donors (Lipinski definition) is 2. The van der Waals surface area contributed by atoms with Crippen LogP contribution in [-0.4, -0.2) is 31.8 Å². The van der Waals surface area contributed by atoms with Crippen molar-refractivity contribution in [3.8, 4) is 11.3 Å². The van der Waals surface area contributed by atoms with Gasteiger partial charge in [0.05, 0.1) is 25.0 Å². The maximum Gasteiger partial charge on any atom is 0.141 e. The van der Waals surface area contributed by atoms with Gasteiger partial charge in [-0.2, -0.15) is 5.10 Å². The molecule has 7 nitrogen and oxygen atoms in total. The van der Waals surface area contributed by atoms with E-state index in [4.69, 9.17) is 4.84 Å². The van der Waals surface area contributed by atoms with Crippen LogP contribution >= 0.6 is 0 Å². The Morgan fingerprint density at radius 2 is 2.36 bits per heavy atom. The van der Waals surface area contributed by atoms with Crippen molar-refractivity contribution in [1.29, 1.82) is 0 Å². The molecule has 0 fully saturated rings. The van der Waals surface area contributed by atoms with Gasteiger partial charge in [-0.05, 0) is 18.6 Å². The molecule has 1 atom stereocenters. The van der Waals surface area contributed by atoms with Gasteiger partial charge in [0.15, 0.2) is 0 Å². The van der Waals surface area contributed by atoms with Crippen LogP contribution in [0.25, 0.3) is 22.3 Å². The molecule has 0 saturated carbocycles. The predicted molar refractivity (Wildman–Crippen MR) is 83.7 cm³/mol. The molecule has 0 radical (unpaired) electrons. The van der Waals surface area contributed by atoms with Crippen molar-refractivity contribution in [2.24, 2.45) is 0 Å². The molecule has 0 spiro atoms. The van der Waals surface area contributed by atoms with Crippen LogP contribution in [0.4, 0.5) is 0 Å². The number of nitrogens with zero attached hydrogens (tertiary/aromatic N) is 4. The van der Waals surface area contributed by atoms with E-state index in [1.807, 2.05) is 35.4 Å². The van der Waals surface area contributed by atoms with Gasteiger partial charge in [0, 0.05) is 29.5 Å². The maximum atomic E-state index is 4.80. The van der Waals surface area contributed by atoms with Crippen LogP contribution in [0.5, 0.6) is 0 Å². The van der Waals surface area contributed by atoms with Gasteiger partial charge in [0.2, 0.25) is 0 Å². The third kappa shape index (κ3) is 2.71. The SMILES string of the molecule is CCC(C=CNOC)n1cc(-c2ncnc3[nH]ccc23)cn1. The minimum Gasteiger partial charge on any atom is -0.346 e. The van der Waals surface area contributed by atoms with Gasteiger partial charge in [-0.25, -0.2) is 9.97 Å². The quantitative estimate of drug-likeness (QED) is 0.683. The maximum absolute atomic E-state index is 4.80. The molecule has 0 aliphatic carbocycles. The molecule has 0 saturated heterocycles. The number of hydrogen-bond acceptors (Lipinski definition) is 5. The zero-order valence-electron chi connectivity index (χ0n) is 12.5. The van der Waals surface area contributed by atoms with Gasteiger partial charge in [0.1, 0.15) is 12.0 Å². The summed E-state index contributed by atoms with van der Waals surface area (Å²) in [6.07, 6.45) is 11.9. The molecule has 114 valence electrons. The first-order chi connectivity index (χ1) is 10.8. The minimum absolute atomic E-state index is 0.153. The van der Waals surface area contributed by atoms with Crippen LogP contribution in [0, 0.1) is 0 Å². The van der Waals surface area contributed by atoms with Crippen molar-refractivity contribution in [1.82, 2.24) is 30.2 Å². The average Bonchev–Trinajstić information content (AvgIpc) is 3.20. The monoisotopic (exact) mass is 298 g/mol. The summed E-state index contributed by atoms with van der Waals surface area (Å²) in [5.74, 6) is 0. The summed E-state index contributed by atoms with van der Waals surface area (Å²) in [5, 5.41) is 5.45. The summed E-state index contributed by atoms with van der Waals surface area (Å²) in [5.41, 5.74) is 5.38. The van der Waals surface area contributed by atoms with Gasteiger partial charge in [-0.3, -0.25) is 15.0 Å². The lowest BCUT2D eigenvalue weighted by atomic mass is 10.2. The normalized spacial score (nSPS) is 13.0. The van der Waals surface area contributed by atoms with E-state index in [9.17, 15) is 0 Å². The average molecular weight is 298 g/mol. The first kappa shape index (κ1) is 14.3. The van der Waals surface area contributed by atoms with Crippen molar-refractivity contribution in [3.05, 3.63) is 43.3 Å². The lowest BCUT2D eigenvalue weighted by Gasteiger charge is -2.10. The van der Waals surface area contributed by atoms with Crippen LogP contribution in [-0.2, 0) is 4.84 Å². The highest BCUT2D eigenvalue weighted by Gasteiger charge is 2.12. The van der Waals surface area contributed by atoms with Gasteiger partial charge in [-0.1, -0.05) is 6.92 Å². The molecule has 0 aliphatic heterocycles. The Hall–Kier alpha value is -2.67. The predicted octanol–water partition coefficient (Wildman–Crippen LogP) is 2.44. The molecular formula is C15H18N6O. The smallest absolute Gasteiger partial charge is 0.141 e. The second-order valence-electron chi connectivity index (χ2n) is 4.83. The third-order valence-electron chi connectivity index (χ3n) is 3.49. The first-order valence-electron chi connectivity index (χ1n) is 7.11. The van der Waals surface area contributed by atoms with E-state index in [1.54, 1.807) is 19.6 Å². The fraction of sp³-hybridized carbons (Fsp3) is 0.267. The fourth-order valence-electron chi connectivity index (χ4n) is 2.37. The van der Waals surface area contributed by atoms with Crippen molar-refractivity contribution in [2.45, 2.75) is 19.4 Å². The number of hydroxylamine groups is 1. The van der Waals surface area contributed by atoms with E-state index in [2.05, 4.69) is 32.5 Å². The molecule has 3 aromatic rings. The Bertz CT molecular complexity index is 775. The Morgan fingerprint density at radius 1 is 1.45 bits per heavy atom. The van der Waals surface area contributed by atoms with E-state index in [0.29, 0.717) is 0 Å². The second kappa shape index (κ2) is 6.40. The second-order valence-corrected chi connectivity index (χ2v) is 4.83. The molecular weight excluding hydrogens is 280 g/mol. The highest BCUT2D eigenvalue weighted by Crippen LogP contribution is 2.25. The third-order valence-corrected chi connectivity index (χ3v) is 3.49. The van der Waals surface area contributed by atoms with E-state index in [1.165, 1.54) is 0 Å². The number of H-pyrrole nitrogens is 1.